The number of nitrogens with one attached hydrogen (secondary N) is 1. The summed E-state index contributed by atoms with van der Waals surface area (Å²) >= 11 is 0. The Bertz CT molecular complexity index is 159. The molecule has 0 aromatic heterocycles. The Balaban J connectivity index is 2.45. The Labute approximate surface area is 57.4 Å². The normalized spacial score (nSPS) is 21.4. The Kier molecular flexibility index (Phi) is 2.03. The van der Waals surface area contributed by atoms with Gasteiger partial charge in [0.25, 0.3) is 5.96 Å². The maximum absolute atomic E-state index is 9.79. The van der Waals surface area contributed by atoms with Gasteiger partial charge in [0.15, 0.2) is 5.03 Å². The van der Waals surface area contributed by atoms with Gasteiger partial charge in [0.2, 0.25) is 0 Å². The van der Waals surface area contributed by atoms with Crippen LogP contribution >= 0.6 is 0 Å². The van der Waals surface area contributed by atoms with E-state index in [2.05, 4.69) is 15.7 Å². The molecule has 1 N–H and O–H groups in total. The lowest BCUT2D eigenvalue weighted by Crippen LogP contribution is -2.39. The summed E-state index contributed by atoms with van der Waals surface area (Å²) in [6.45, 7) is 1.34. The van der Waals surface area contributed by atoms with Crippen molar-refractivity contribution in [3.05, 3.63) is 10.1 Å². The van der Waals surface area contributed by atoms with E-state index in [0.717, 1.165) is 13.0 Å². The first-order chi connectivity index (χ1) is 4.79. The summed E-state index contributed by atoms with van der Waals surface area (Å²) in [5.74, 6) is 0.135. The zero-order chi connectivity index (χ0) is 7.40. The largest absolute Gasteiger partial charge is 0.349 e. The zero-order valence-electron chi connectivity index (χ0n) is 5.28. The van der Waals surface area contributed by atoms with E-state index in [1.165, 1.54) is 0 Å². The summed E-state index contributed by atoms with van der Waals surface area (Å²) < 4.78 is 0. The highest BCUT2D eigenvalue weighted by Crippen LogP contribution is 1.85. The van der Waals surface area contributed by atoms with Crippen molar-refractivity contribution in [2.45, 2.75) is 6.42 Å². The summed E-state index contributed by atoms with van der Waals surface area (Å²) in [6.07, 6.45) is 0.913. The van der Waals surface area contributed by atoms with Gasteiger partial charge in [0, 0.05) is 13.1 Å². The van der Waals surface area contributed by atoms with Crippen molar-refractivity contribution < 1.29 is 5.03 Å². The van der Waals surface area contributed by atoms with Crippen LogP contribution in [-0.4, -0.2) is 24.1 Å². The minimum atomic E-state index is -0.753. The molecule has 1 aliphatic heterocycles. The molecule has 1 fully saturated rings. The average molecular weight is 143 g/mol. The Morgan fingerprint density at radius 3 is 3.10 bits per heavy atom. The maximum Gasteiger partial charge on any atom is 0.290 e. The topological polar surface area (TPSA) is 81.6 Å². The highest BCUT2D eigenvalue weighted by molar-refractivity contribution is 5.79. The lowest BCUT2D eigenvalue weighted by molar-refractivity contribution is -0.485. The van der Waals surface area contributed by atoms with Gasteiger partial charge in [0.1, 0.15) is 5.10 Å². The second-order valence-corrected chi connectivity index (χ2v) is 1.82. The molecule has 55 valence electrons. The average Bonchev–Trinajstić information content (AvgIpc) is 1.88. The molecule has 0 atom stereocenters. The first kappa shape index (κ1) is 6.79. The number of rotatable bonds is 1. The summed E-state index contributed by atoms with van der Waals surface area (Å²) in [6, 6.07) is 0. The molecule has 0 saturated carbocycles. The zero-order valence-corrected chi connectivity index (χ0v) is 5.28. The monoisotopic (exact) mass is 143 g/mol. The van der Waals surface area contributed by atoms with E-state index in [0.29, 0.717) is 6.54 Å². The van der Waals surface area contributed by atoms with Gasteiger partial charge in [0.05, 0.1) is 0 Å². The van der Waals surface area contributed by atoms with Crippen LogP contribution in [0.4, 0.5) is 0 Å². The van der Waals surface area contributed by atoms with Crippen LogP contribution in [0.5, 0.6) is 0 Å². The van der Waals surface area contributed by atoms with Gasteiger partial charge >= 0.3 is 0 Å². The quantitative estimate of drug-likeness (QED) is 0.382. The van der Waals surface area contributed by atoms with Gasteiger partial charge in [-0.3, -0.25) is 0 Å². The Morgan fingerprint density at radius 2 is 2.60 bits per heavy atom. The van der Waals surface area contributed by atoms with Crippen LogP contribution in [0, 0.1) is 10.1 Å². The van der Waals surface area contributed by atoms with Crippen molar-refractivity contribution >= 4 is 5.96 Å². The van der Waals surface area contributed by atoms with Crippen LogP contribution in [0.15, 0.2) is 5.10 Å². The molecule has 0 unspecified atom stereocenters. The van der Waals surface area contributed by atoms with E-state index in [1.807, 2.05) is 0 Å². The summed E-state index contributed by atoms with van der Waals surface area (Å²) in [4.78, 5) is 9.79. The fourth-order valence-electron chi connectivity index (χ4n) is 0.664. The molecule has 0 bridgehead atoms. The standard InChI is InChI=1S/C4H7N4O2/c9-8(10)7-4-5-2-1-3-6-4/h1-3H2,(H,5,7). The third kappa shape index (κ3) is 1.88. The molecule has 1 aliphatic rings. The predicted molar refractivity (Wildman–Crippen MR) is 34.1 cm³/mol. The van der Waals surface area contributed by atoms with Crippen molar-refractivity contribution in [1.82, 2.24) is 10.6 Å². The molecule has 0 aromatic rings. The first-order valence-electron chi connectivity index (χ1n) is 2.93. The van der Waals surface area contributed by atoms with Crippen molar-refractivity contribution in [2.24, 2.45) is 5.10 Å². The molecule has 0 spiro atoms. The minimum Gasteiger partial charge on any atom is -0.349 e. The highest BCUT2D eigenvalue weighted by atomic mass is 16.7. The van der Waals surface area contributed by atoms with E-state index in [9.17, 15) is 10.1 Å². The number of guanidine groups is 1. The van der Waals surface area contributed by atoms with Gasteiger partial charge in [-0.1, -0.05) is 0 Å². The van der Waals surface area contributed by atoms with Gasteiger partial charge < -0.3 is 5.32 Å². The smallest absolute Gasteiger partial charge is 0.290 e. The van der Waals surface area contributed by atoms with Crippen LogP contribution in [-0.2, 0) is 0 Å². The third-order valence-corrected chi connectivity index (χ3v) is 1.06. The third-order valence-electron chi connectivity index (χ3n) is 1.06. The minimum absolute atomic E-state index is 0.135. The van der Waals surface area contributed by atoms with Gasteiger partial charge in [-0.05, 0) is 6.42 Å². The van der Waals surface area contributed by atoms with Crippen molar-refractivity contribution in [1.29, 1.82) is 0 Å². The SMILES string of the molecule is O=[N+]([O-])N=C1[N]CCCN1. The predicted octanol–water partition coefficient (Wildman–Crippen LogP) is -0.868. The van der Waals surface area contributed by atoms with Gasteiger partial charge in [-0.2, -0.15) is 0 Å². The molecule has 0 aromatic carbocycles. The Hall–Kier alpha value is -1.33. The summed E-state index contributed by atoms with van der Waals surface area (Å²) in [5.41, 5.74) is 0. The van der Waals surface area contributed by atoms with Crippen molar-refractivity contribution in [3.8, 4) is 0 Å². The second-order valence-electron chi connectivity index (χ2n) is 1.82. The fraction of sp³-hybridized carbons (Fsp3) is 0.750. The molecule has 10 heavy (non-hydrogen) atoms. The van der Waals surface area contributed by atoms with Crippen LogP contribution in [0.3, 0.4) is 0 Å². The molecule has 0 amide bonds. The molecule has 6 heteroatoms. The number of hydrazone groups is 1. The van der Waals surface area contributed by atoms with E-state index in [1.54, 1.807) is 0 Å². The lowest BCUT2D eigenvalue weighted by Gasteiger charge is -2.11. The van der Waals surface area contributed by atoms with E-state index in [4.69, 9.17) is 0 Å². The van der Waals surface area contributed by atoms with Gasteiger partial charge in [-0.15, -0.1) is 0 Å². The van der Waals surface area contributed by atoms with Crippen LogP contribution in [0.25, 0.3) is 0 Å². The molecular weight excluding hydrogens is 136 g/mol. The molecule has 1 radical (unpaired) electrons. The van der Waals surface area contributed by atoms with Crippen molar-refractivity contribution in [2.75, 3.05) is 13.1 Å². The molecule has 6 nitrogen and oxygen atoms in total. The molecular formula is C4H7N4O2. The molecule has 1 saturated heterocycles. The summed E-state index contributed by atoms with van der Waals surface area (Å²) in [7, 11) is 0. The molecule has 0 aliphatic carbocycles. The van der Waals surface area contributed by atoms with Gasteiger partial charge in [-0.25, -0.2) is 15.4 Å². The second kappa shape index (κ2) is 3.00. The maximum atomic E-state index is 9.79. The van der Waals surface area contributed by atoms with E-state index < -0.39 is 5.03 Å². The Morgan fingerprint density at radius 1 is 1.80 bits per heavy atom. The van der Waals surface area contributed by atoms with Crippen molar-refractivity contribution in [3.63, 3.8) is 0 Å². The van der Waals surface area contributed by atoms with Crippen LogP contribution in [0.1, 0.15) is 6.42 Å². The number of nitrogens with zero attached hydrogens (tertiary/aromatic N) is 3. The molecule has 1 rings (SSSR count). The molecule has 1 heterocycles. The fourth-order valence-corrected chi connectivity index (χ4v) is 0.664. The summed E-state index contributed by atoms with van der Waals surface area (Å²) in [5, 5.41) is 18.5. The first-order valence-corrected chi connectivity index (χ1v) is 2.93. The number of nitro groups is 1. The number of hydrogen-bond acceptors (Lipinski definition) is 2. The van der Waals surface area contributed by atoms with E-state index in [-0.39, 0.29) is 5.96 Å². The highest BCUT2D eigenvalue weighted by Gasteiger charge is 2.09. The lowest BCUT2D eigenvalue weighted by atomic mass is 10.4. The van der Waals surface area contributed by atoms with Crippen LogP contribution < -0.4 is 10.6 Å². The number of hydrogen-bond donors (Lipinski definition) is 1. The van der Waals surface area contributed by atoms with E-state index >= 15 is 0 Å². The van der Waals surface area contributed by atoms with Crippen LogP contribution in [0.2, 0.25) is 0 Å².